The summed E-state index contributed by atoms with van der Waals surface area (Å²) < 4.78 is 11.8. The molecule has 0 radical (unpaired) electrons. The van der Waals surface area contributed by atoms with Gasteiger partial charge < -0.3 is 19.7 Å². The largest absolute Gasteiger partial charge is 0.467 e. The summed E-state index contributed by atoms with van der Waals surface area (Å²) in [6.07, 6.45) is 2.82. The number of aromatic nitrogens is 1. The van der Waals surface area contributed by atoms with E-state index < -0.39 is 0 Å². The van der Waals surface area contributed by atoms with Gasteiger partial charge in [0.15, 0.2) is 6.61 Å². The number of carbonyl (C=O) groups is 1. The Balaban J connectivity index is 1.62. The van der Waals surface area contributed by atoms with Crippen LogP contribution in [0.15, 0.2) is 30.3 Å². The van der Waals surface area contributed by atoms with Crippen LogP contribution >= 0.6 is 0 Å². The van der Waals surface area contributed by atoms with Crippen molar-refractivity contribution in [2.24, 2.45) is 0 Å². The minimum Gasteiger partial charge on any atom is -0.467 e. The number of amides is 1. The summed E-state index contributed by atoms with van der Waals surface area (Å²) in [7, 11) is 0. The molecule has 2 aromatic rings. The molecule has 156 valence electrons. The first-order chi connectivity index (χ1) is 14.5. The first-order valence-corrected chi connectivity index (χ1v) is 10.3. The molecule has 0 saturated carbocycles. The SMILES string of the molecule is CC1(C)Cc2c(C#N)c(OCC(=O)Nc3ccccc3)nc(N3CCCC3)c2CO1. The molecule has 0 unspecified atom stereocenters. The van der Waals surface area contributed by atoms with E-state index in [9.17, 15) is 10.1 Å². The van der Waals surface area contributed by atoms with E-state index in [1.165, 1.54) is 0 Å². The van der Waals surface area contributed by atoms with Crippen molar-refractivity contribution in [2.75, 3.05) is 29.9 Å². The van der Waals surface area contributed by atoms with E-state index in [2.05, 4.69) is 21.3 Å². The monoisotopic (exact) mass is 406 g/mol. The summed E-state index contributed by atoms with van der Waals surface area (Å²) in [6.45, 7) is 6.08. The van der Waals surface area contributed by atoms with Crippen LogP contribution in [0.3, 0.4) is 0 Å². The van der Waals surface area contributed by atoms with Gasteiger partial charge in [0.05, 0.1) is 12.2 Å². The molecule has 1 amide bonds. The average Bonchev–Trinajstić information content (AvgIpc) is 3.26. The molecule has 1 saturated heterocycles. The number of nitrogens with zero attached hydrogens (tertiary/aromatic N) is 3. The molecule has 7 nitrogen and oxygen atoms in total. The Kier molecular flexibility index (Phi) is 5.60. The number of pyridine rings is 1. The third-order valence-corrected chi connectivity index (χ3v) is 5.48. The number of hydrogen-bond donors (Lipinski definition) is 1. The maximum absolute atomic E-state index is 12.3. The van der Waals surface area contributed by atoms with Gasteiger partial charge in [0.2, 0.25) is 5.88 Å². The van der Waals surface area contributed by atoms with Crippen molar-refractivity contribution in [1.82, 2.24) is 4.98 Å². The van der Waals surface area contributed by atoms with Crippen LogP contribution in [0.1, 0.15) is 43.4 Å². The van der Waals surface area contributed by atoms with E-state index >= 15 is 0 Å². The van der Waals surface area contributed by atoms with Gasteiger partial charge in [-0.05, 0) is 44.4 Å². The van der Waals surface area contributed by atoms with Gasteiger partial charge in [-0.3, -0.25) is 4.79 Å². The number of para-hydroxylation sites is 1. The lowest BCUT2D eigenvalue weighted by molar-refractivity contribution is -0.118. The fourth-order valence-corrected chi connectivity index (χ4v) is 3.99. The third kappa shape index (κ3) is 4.24. The highest BCUT2D eigenvalue weighted by Gasteiger charge is 2.34. The number of rotatable bonds is 5. The Bertz CT molecular complexity index is 976. The van der Waals surface area contributed by atoms with Gasteiger partial charge in [0.1, 0.15) is 17.5 Å². The smallest absolute Gasteiger partial charge is 0.262 e. The number of hydrogen-bond acceptors (Lipinski definition) is 6. The lowest BCUT2D eigenvalue weighted by Gasteiger charge is -2.35. The lowest BCUT2D eigenvalue weighted by atomic mass is 9.89. The molecule has 30 heavy (non-hydrogen) atoms. The summed E-state index contributed by atoms with van der Waals surface area (Å²) in [4.78, 5) is 19.2. The second-order valence-electron chi connectivity index (χ2n) is 8.31. The van der Waals surface area contributed by atoms with E-state index in [1.807, 2.05) is 44.2 Å². The highest BCUT2D eigenvalue weighted by Crippen LogP contribution is 2.39. The number of benzene rings is 1. The predicted molar refractivity (Wildman–Crippen MR) is 114 cm³/mol. The van der Waals surface area contributed by atoms with Gasteiger partial charge in [0.25, 0.3) is 5.91 Å². The summed E-state index contributed by atoms with van der Waals surface area (Å²) in [6, 6.07) is 11.5. The average molecular weight is 406 g/mol. The minimum atomic E-state index is -0.371. The van der Waals surface area contributed by atoms with Crippen LogP contribution in [0.25, 0.3) is 0 Å². The Hall–Kier alpha value is -3.11. The molecule has 0 aliphatic carbocycles. The van der Waals surface area contributed by atoms with E-state index in [4.69, 9.17) is 9.47 Å². The maximum atomic E-state index is 12.3. The topological polar surface area (TPSA) is 87.5 Å². The molecule has 4 rings (SSSR count). The number of nitriles is 1. The van der Waals surface area contributed by atoms with Gasteiger partial charge in [-0.15, -0.1) is 0 Å². The molecule has 3 heterocycles. The van der Waals surface area contributed by atoms with Gasteiger partial charge in [-0.25, -0.2) is 0 Å². The predicted octanol–water partition coefficient (Wildman–Crippen LogP) is 3.42. The van der Waals surface area contributed by atoms with Crippen LogP contribution < -0.4 is 15.0 Å². The molecule has 7 heteroatoms. The normalized spacial score (nSPS) is 17.2. The van der Waals surface area contributed by atoms with Crippen LogP contribution in [0.2, 0.25) is 0 Å². The fraction of sp³-hybridized carbons (Fsp3) is 0.435. The van der Waals surface area contributed by atoms with Crippen molar-refractivity contribution < 1.29 is 14.3 Å². The standard InChI is InChI=1S/C23H26N4O3/c1-23(2)12-17-18(13-24)22(29-15-20(28)25-16-8-4-3-5-9-16)26-21(19(17)14-30-23)27-10-6-7-11-27/h3-5,8-9H,6-7,10-12,14-15H2,1-2H3,(H,25,28). The zero-order valence-electron chi connectivity index (χ0n) is 17.4. The number of nitrogens with one attached hydrogen (secondary N) is 1. The summed E-state index contributed by atoms with van der Waals surface area (Å²) in [5, 5.41) is 12.7. The second kappa shape index (κ2) is 8.33. The van der Waals surface area contributed by atoms with Crippen molar-refractivity contribution in [3.8, 4) is 11.9 Å². The highest BCUT2D eigenvalue weighted by molar-refractivity contribution is 5.91. The zero-order chi connectivity index (χ0) is 21.1. The van der Waals surface area contributed by atoms with Crippen LogP contribution in [0.5, 0.6) is 5.88 Å². The summed E-state index contributed by atoms with van der Waals surface area (Å²) in [5.74, 6) is 0.741. The molecular weight excluding hydrogens is 380 g/mol. The molecule has 1 aromatic heterocycles. The van der Waals surface area contributed by atoms with Gasteiger partial charge in [-0.2, -0.15) is 10.2 Å². The molecule has 0 atom stereocenters. The summed E-state index contributed by atoms with van der Waals surface area (Å²) >= 11 is 0. The molecule has 1 aromatic carbocycles. The van der Waals surface area contributed by atoms with Crippen molar-refractivity contribution >= 4 is 17.4 Å². The Labute approximate surface area is 176 Å². The molecule has 2 aliphatic heterocycles. The first-order valence-electron chi connectivity index (χ1n) is 10.3. The quantitative estimate of drug-likeness (QED) is 0.819. The number of anilines is 2. The van der Waals surface area contributed by atoms with Crippen molar-refractivity contribution in [3.63, 3.8) is 0 Å². The highest BCUT2D eigenvalue weighted by atomic mass is 16.5. The Morgan fingerprint density at radius 1 is 1.27 bits per heavy atom. The number of carbonyl (C=O) groups excluding carboxylic acids is 1. The number of ether oxygens (including phenoxy) is 2. The zero-order valence-corrected chi connectivity index (χ0v) is 17.4. The minimum absolute atomic E-state index is 0.214. The molecule has 0 spiro atoms. The van der Waals surface area contributed by atoms with Gasteiger partial charge >= 0.3 is 0 Å². The van der Waals surface area contributed by atoms with Crippen molar-refractivity contribution in [3.05, 3.63) is 47.0 Å². The number of fused-ring (bicyclic) bond motifs is 1. The Morgan fingerprint density at radius 3 is 2.70 bits per heavy atom. The van der Waals surface area contributed by atoms with E-state index in [-0.39, 0.29) is 24.0 Å². The lowest BCUT2D eigenvalue weighted by Crippen LogP contribution is -2.34. The van der Waals surface area contributed by atoms with Crippen LogP contribution in [-0.4, -0.2) is 36.2 Å². The van der Waals surface area contributed by atoms with E-state index in [1.54, 1.807) is 0 Å². The summed E-state index contributed by atoms with van der Waals surface area (Å²) in [5.41, 5.74) is 2.61. The van der Waals surface area contributed by atoms with Gasteiger partial charge in [-0.1, -0.05) is 18.2 Å². The van der Waals surface area contributed by atoms with Crippen molar-refractivity contribution in [1.29, 1.82) is 5.26 Å². The fourth-order valence-electron chi connectivity index (χ4n) is 3.99. The molecule has 1 N–H and O–H groups in total. The molecular formula is C23H26N4O3. The second-order valence-corrected chi connectivity index (χ2v) is 8.31. The van der Waals surface area contributed by atoms with Crippen LogP contribution in [0, 0.1) is 11.3 Å². The Morgan fingerprint density at radius 2 is 2.00 bits per heavy atom. The van der Waals surface area contributed by atoms with Crippen LogP contribution in [-0.2, 0) is 22.6 Å². The van der Waals surface area contributed by atoms with Gasteiger partial charge in [0, 0.05) is 30.8 Å². The van der Waals surface area contributed by atoms with E-state index in [0.717, 1.165) is 42.9 Å². The first kappa shape index (κ1) is 20.2. The molecule has 2 aliphatic rings. The maximum Gasteiger partial charge on any atom is 0.262 e. The van der Waals surface area contributed by atoms with E-state index in [0.29, 0.717) is 24.3 Å². The molecule has 1 fully saturated rings. The van der Waals surface area contributed by atoms with Crippen LogP contribution in [0.4, 0.5) is 11.5 Å². The van der Waals surface area contributed by atoms with Crippen molar-refractivity contribution in [2.45, 2.75) is 45.3 Å². The third-order valence-electron chi connectivity index (χ3n) is 5.48. The molecule has 0 bridgehead atoms.